The van der Waals surface area contributed by atoms with Crippen LogP contribution in [0.3, 0.4) is 0 Å². The van der Waals surface area contributed by atoms with Gasteiger partial charge in [-0.25, -0.2) is 8.42 Å². The summed E-state index contributed by atoms with van der Waals surface area (Å²) < 4.78 is 27.6. The number of nitrogens with zero attached hydrogens (tertiary/aromatic N) is 1. The molecule has 3 rings (SSSR count). The van der Waals surface area contributed by atoms with Crippen molar-refractivity contribution in [2.24, 2.45) is 0 Å². The van der Waals surface area contributed by atoms with Crippen LogP contribution in [0.1, 0.15) is 24.5 Å². The van der Waals surface area contributed by atoms with Crippen LogP contribution in [0.15, 0.2) is 53.4 Å². The summed E-state index contributed by atoms with van der Waals surface area (Å²) >= 11 is 0. The molecular formula is C19H22N2O3S. The van der Waals surface area contributed by atoms with E-state index in [0.29, 0.717) is 13.0 Å². The minimum atomic E-state index is -3.71. The molecule has 1 fully saturated rings. The van der Waals surface area contributed by atoms with Gasteiger partial charge in [0.15, 0.2) is 0 Å². The molecule has 1 aliphatic heterocycles. The van der Waals surface area contributed by atoms with Crippen LogP contribution < -0.4 is 9.62 Å². The second kappa shape index (κ2) is 6.98. The molecule has 0 aromatic heterocycles. The standard InChI is InChI=1S/C19H22N2O3S/c1-3-15-6-10-17(11-7-15)25(23,24)20-18-12-13-21(19(18)22)16-8-4-14(2)5-9-16/h4-11,18,20H,3,12-13H2,1-2H3/t18-/m1/s1. The van der Waals surface area contributed by atoms with Crippen LogP contribution in [-0.2, 0) is 21.2 Å². The highest BCUT2D eigenvalue weighted by Crippen LogP contribution is 2.23. The van der Waals surface area contributed by atoms with Crippen LogP contribution in [0.25, 0.3) is 0 Å². The van der Waals surface area contributed by atoms with Crippen LogP contribution in [0.2, 0.25) is 0 Å². The summed E-state index contributed by atoms with van der Waals surface area (Å²) in [5, 5.41) is 0. The quantitative estimate of drug-likeness (QED) is 0.893. The Bertz CT molecular complexity index is 859. The number of hydrogen-bond acceptors (Lipinski definition) is 3. The molecule has 1 saturated heterocycles. The van der Waals surface area contributed by atoms with Gasteiger partial charge in [0.2, 0.25) is 15.9 Å². The number of aryl methyl sites for hydroxylation is 2. The first-order valence-electron chi connectivity index (χ1n) is 8.40. The van der Waals surface area contributed by atoms with Gasteiger partial charge >= 0.3 is 0 Å². The van der Waals surface area contributed by atoms with Crippen LogP contribution >= 0.6 is 0 Å². The van der Waals surface area contributed by atoms with E-state index in [1.165, 1.54) is 0 Å². The monoisotopic (exact) mass is 358 g/mol. The van der Waals surface area contributed by atoms with E-state index in [1.807, 2.05) is 38.1 Å². The summed E-state index contributed by atoms with van der Waals surface area (Å²) in [6.45, 7) is 4.50. The first-order chi connectivity index (χ1) is 11.9. The van der Waals surface area contributed by atoms with Crippen LogP contribution in [0.4, 0.5) is 5.69 Å². The van der Waals surface area contributed by atoms with Crippen molar-refractivity contribution in [1.82, 2.24) is 4.72 Å². The maximum absolute atomic E-state index is 12.6. The molecule has 1 N–H and O–H groups in total. The zero-order chi connectivity index (χ0) is 18.0. The van der Waals surface area contributed by atoms with E-state index < -0.39 is 16.1 Å². The Hall–Kier alpha value is -2.18. The number of amides is 1. The second-order valence-electron chi connectivity index (χ2n) is 6.29. The van der Waals surface area contributed by atoms with Crippen molar-refractivity contribution in [2.75, 3.05) is 11.4 Å². The predicted molar refractivity (Wildman–Crippen MR) is 98.1 cm³/mol. The third-order valence-electron chi connectivity index (χ3n) is 4.49. The minimum absolute atomic E-state index is 0.186. The van der Waals surface area contributed by atoms with Gasteiger partial charge in [-0.05, 0) is 49.6 Å². The van der Waals surface area contributed by atoms with Crippen LogP contribution in [0, 0.1) is 6.92 Å². The Kier molecular flexibility index (Phi) is 4.92. The van der Waals surface area contributed by atoms with Crippen LogP contribution in [-0.4, -0.2) is 26.9 Å². The first kappa shape index (κ1) is 17.6. The third-order valence-corrected chi connectivity index (χ3v) is 5.98. The van der Waals surface area contributed by atoms with Crippen molar-refractivity contribution >= 4 is 21.6 Å². The maximum atomic E-state index is 12.6. The van der Waals surface area contributed by atoms with Crippen LogP contribution in [0.5, 0.6) is 0 Å². The fraction of sp³-hybridized carbons (Fsp3) is 0.316. The van der Waals surface area contributed by atoms with Crippen molar-refractivity contribution in [3.05, 3.63) is 59.7 Å². The zero-order valence-electron chi connectivity index (χ0n) is 14.4. The molecule has 0 saturated carbocycles. The van der Waals surface area contributed by atoms with E-state index in [9.17, 15) is 13.2 Å². The first-order valence-corrected chi connectivity index (χ1v) is 9.88. The van der Waals surface area contributed by atoms with Crippen molar-refractivity contribution in [3.8, 4) is 0 Å². The number of hydrogen-bond donors (Lipinski definition) is 1. The zero-order valence-corrected chi connectivity index (χ0v) is 15.2. The van der Waals surface area contributed by atoms with Crippen molar-refractivity contribution in [1.29, 1.82) is 0 Å². The lowest BCUT2D eigenvalue weighted by Crippen LogP contribution is -2.41. The lowest BCUT2D eigenvalue weighted by atomic mass is 10.2. The molecule has 6 heteroatoms. The Morgan fingerprint density at radius 3 is 2.32 bits per heavy atom. The average Bonchev–Trinajstić information content (AvgIpc) is 2.96. The third kappa shape index (κ3) is 3.75. The normalized spacial score (nSPS) is 17.9. The topological polar surface area (TPSA) is 66.5 Å². The highest BCUT2D eigenvalue weighted by Gasteiger charge is 2.35. The molecule has 1 heterocycles. The molecule has 1 amide bonds. The molecule has 25 heavy (non-hydrogen) atoms. The summed E-state index contributed by atoms with van der Waals surface area (Å²) in [4.78, 5) is 14.4. The highest BCUT2D eigenvalue weighted by atomic mass is 32.2. The molecule has 2 aromatic rings. The summed E-state index contributed by atoms with van der Waals surface area (Å²) in [5.41, 5.74) is 2.98. The number of nitrogens with one attached hydrogen (secondary N) is 1. The van der Waals surface area contributed by atoms with Gasteiger partial charge in [-0.15, -0.1) is 0 Å². The lowest BCUT2D eigenvalue weighted by molar-refractivity contribution is -0.118. The fourth-order valence-electron chi connectivity index (χ4n) is 2.93. The van der Waals surface area contributed by atoms with Gasteiger partial charge in [0.05, 0.1) is 4.90 Å². The van der Waals surface area contributed by atoms with Gasteiger partial charge in [-0.1, -0.05) is 36.8 Å². The molecule has 0 bridgehead atoms. The predicted octanol–water partition coefficient (Wildman–Crippen LogP) is 2.64. The van der Waals surface area contributed by atoms with E-state index in [1.54, 1.807) is 29.2 Å². The van der Waals surface area contributed by atoms with E-state index >= 15 is 0 Å². The number of carbonyl (C=O) groups is 1. The van der Waals surface area contributed by atoms with Crippen molar-refractivity contribution < 1.29 is 13.2 Å². The molecule has 5 nitrogen and oxygen atoms in total. The van der Waals surface area contributed by atoms with Gasteiger partial charge in [0, 0.05) is 12.2 Å². The molecule has 1 aliphatic rings. The summed E-state index contributed by atoms with van der Waals surface area (Å²) in [6, 6.07) is 13.7. The number of carbonyl (C=O) groups excluding carboxylic acids is 1. The number of sulfonamides is 1. The molecule has 0 spiro atoms. The molecule has 1 atom stereocenters. The molecular weight excluding hydrogens is 336 g/mol. The van der Waals surface area contributed by atoms with Gasteiger partial charge in [-0.2, -0.15) is 4.72 Å². The second-order valence-corrected chi connectivity index (χ2v) is 8.00. The van der Waals surface area contributed by atoms with Crippen molar-refractivity contribution in [3.63, 3.8) is 0 Å². The van der Waals surface area contributed by atoms with Gasteiger partial charge in [0.1, 0.15) is 6.04 Å². The Balaban J connectivity index is 1.74. The molecule has 0 unspecified atom stereocenters. The summed E-state index contributed by atoms with van der Waals surface area (Å²) in [5.74, 6) is -0.211. The van der Waals surface area contributed by atoms with E-state index in [-0.39, 0.29) is 10.8 Å². The highest BCUT2D eigenvalue weighted by molar-refractivity contribution is 7.89. The average molecular weight is 358 g/mol. The number of rotatable bonds is 5. The van der Waals surface area contributed by atoms with Crippen molar-refractivity contribution in [2.45, 2.75) is 37.6 Å². The van der Waals surface area contributed by atoms with Gasteiger partial charge in [0.25, 0.3) is 0 Å². The lowest BCUT2D eigenvalue weighted by Gasteiger charge is -2.17. The van der Waals surface area contributed by atoms with Gasteiger partial charge < -0.3 is 4.90 Å². The largest absolute Gasteiger partial charge is 0.311 e. The Labute approximate surface area is 148 Å². The summed E-state index contributed by atoms with van der Waals surface area (Å²) in [7, 11) is -3.71. The minimum Gasteiger partial charge on any atom is -0.311 e. The Morgan fingerprint density at radius 1 is 1.08 bits per heavy atom. The molecule has 0 aliphatic carbocycles. The smallest absolute Gasteiger partial charge is 0.245 e. The van der Waals surface area contributed by atoms with E-state index in [4.69, 9.17) is 0 Å². The fourth-order valence-corrected chi connectivity index (χ4v) is 4.15. The SMILES string of the molecule is CCc1ccc(S(=O)(=O)N[C@@H]2CCN(c3ccc(C)cc3)C2=O)cc1. The van der Waals surface area contributed by atoms with E-state index in [0.717, 1.165) is 23.2 Å². The summed E-state index contributed by atoms with van der Waals surface area (Å²) in [6.07, 6.45) is 1.30. The maximum Gasteiger partial charge on any atom is 0.245 e. The Morgan fingerprint density at radius 2 is 1.72 bits per heavy atom. The van der Waals surface area contributed by atoms with Gasteiger partial charge in [-0.3, -0.25) is 4.79 Å². The molecule has 0 radical (unpaired) electrons. The number of benzene rings is 2. The number of anilines is 1. The molecule has 2 aromatic carbocycles. The van der Waals surface area contributed by atoms with E-state index in [2.05, 4.69) is 4.72 Å². The molecule has 132 valence electrons.